The number of hydrogen-bond acceptors (Lipinski definition) is 3. The van der Waals surface area contributed by atoms with Crippen molar-refractivity contribution >= 4 is 23.5 Å². The van der Waals surface area contributed by atoms with Gasteiger partial charge in [0, 0.05) is 17.3 Å². The van der Waals surface area contributed by atoms with E-state index in [0.717, 1.165) is 11.1 Å². The highest BCUT2D eigenvalue weighted by Gasteiger charge is 2.20. The lowest BCUT2D eigenvalue weighted by Gasteiger charge is -2.17. The van der Waals surface area contributed by atoms with E-state index < -0.39 is 17.9 Å². The van der Waals surface area contributed by atoms with Gasteiger partial charge in [0.2, 0.25) is 0 Å². The molecule has 144 valence electrons. The van der Waals surface area contributed by atoms with Crippen LogP contribution in [0, 0.1) is 0 Å². The number of carboxylic acid groups (broad SMARTS) is 1. The summed E-state index contributed by atoms with van der Waals surface area (Å²) in [7, 11) is 0. The molecule has 28 heavy (non-hydrogen) atoms. The predicted octanol–water partition coefficient (Wildman–Crippen LogP) is 3.40. The topological polar surface area (TPSA) is 84.2 Å². The van der Waals surface area contributed by atoms with E-state index >= 15 is 0 Å². The molecule has 0 aliphatic rings. The second-order valence-corrected chi connectivity index (χ2v) is 6.86. The number of carboxylic acids is 1. The number of carbonyl (C=O) groups is 2. The number of amides is 1. The third kappa shape index (κ3) is 5.44. The first kappa shape index (κ1) is 19.6. The summed E-state index contributed by atoms with van der Waals surface area (Å²) < 4.78 is 1.67. The number of benzene rings is 2. The summed E-state index contributed by atoms with van der Waals surface area (Å²) in [6, 6.07) is 18.0. The fourth-order valence-electron chi connectivity index (χ4n) is 2.92. The van der Waals surface area contributed by atoms with Crippen molar-refractivity contribution in [3.63, 3.8) is 0 Å². The molecular formula is C21H20ClN3O3. The minimum absolute atomic E-state index is 0.207. The molecule has 0 bridgehead atoms. The van der Waals surface area contributed by atoms with Crippen molar-refractivity contribution < 1.29 is 14.7 Å². The number of aliphatic carboxylic acids is 1. The highest BCUT2D eigenvalue weighted by atomic mass is 35.5. The van der Waals surface area contributed by atoms with E-state index in [1.807, 2.05) is 42.5 Å². The molecule has 0 radical (unpaired) electrons. The van der Waals surface area contributed by atoms with E-state index in [0.29, 0.717) is 18.0 Å². The van der Waals surface area contributed by atoms with Crippen LogP contribution in [-0.4, -0.2) is 32.8 Å². The highest BCUT2D eigenvalue weighted by Crippen LogP contribution is 2.18. The van der Waals surface area contributed by atoms with Crippen LogP contribution in [0.15, 0.2) is 66.9 Å². The third-order valence-electron chi connectivity index (χ3n) is 4.24. The predicted molar refractivity (Wildman–Crippen MR) is 106 cm³/mol. The lowest BCUT2D eigenvalue weighted by atomic mass is 10.0. The minimum atomic E-state index is -0.994. The molecule has 1 atom stereocenters. The number of aromatic nitrogens is 2. The largest absolute Gasteiger partial charge is 0.481 e. The molecule has 6 nitrogen and oxygen atoms in total. The number of nitrogens with one attached hydrogen (secondary N) is 1. The Morgan fingerprint density at radius 1 is 1.07 bits per heavy atom. The van der Waals surface area contributed by atoms with E-state index in [1.165, 1.54) is 0 Å². The van der Waals surface area contributed by atoms with Crippen LogP contribution in [0.4, 0.5) is 0 Å². The molecule has 0 unspecified atom stereocenters. The van der Waals surface area contributed by atoms with Gasteiger partial charge in [-0.15, -0.1) is 0 Å². The first-order valence-corrected chi connectivity index (χ1v) is 9.22. The van der Waals surface area contributed by atoms with E-state index in [4.69, 9.17) is 11.6 Å². The molecule has 0 aliphatic heterocycles. The number of nitrogens with zero attached hydrogens (tertiary/aromatic N) is 2. The van der Waals surface area contributed by atoms with Crippen LogP contribution >= 0.6 is 11.6 Å². The average molecular weight is 398 g/mol. The van der Waals surface area contributed by atoms with Crippen molar-refractivity contribution in [2.24, 2.45) is 0 Å². The Balaban J connectivity index is 1.68. The molecule has 0 saturated carbocycles. The number of rotatable bonds is 8. The summed E-state index contributed by atoms with van der Waals surface area (Å²) in [5.41, 5.74) is 2.09. The van der Waals surface area contributed by atoms with Crippen molar-refractivity contribution in [2.45, 2.75) is 25.4 Å². The molecule has 1 heterocycles. The highest BCUT2D eigenvalue weighted by molar-refractivity contribution is 6.31. The van der Waals surface area contributed by atoms with Crippen molar-refractivity contribution in [1.29, 1.82) is 0 Å². The van der Waals surface area contributed by atoms with Crippen LogP contribution in [0.2, 0.25) is 5.02 Å². The molecule has 1 aromatic heterocycles. The molecule has 0 saturated heterocycles. The molecule has 0 fully saturated rings. The van der Waals surface area contributed by atoms with Crippen LogP contribution in [0.25, 0.3) is 0 Å². The summed E-state index contributed by atoms with van der Waals surface area (Å²) >= 11 is 6.16. The Morgan fingerprint density at radius 3 is 2.50 bits per heavy atom. The van der Waals surface area contributed by atoms with Gasteiger partial charge < -0.3 is 10.4 Å². The SMILES string of the molecule is O=C(O)C[C@@H](Cc1ccccc1Cl)NC(=O)c1ccn(Cc2ccccc2)n1. The van der Waals surface area contributed by atoms with E-state index in [2.05, 4.69) is 10.4 Å². The smallest absolute Gasteiger partial charge is 0.305 e. The van der Waals surface area contributed by atoms with Crippen LogP contribution in [0.3, 0.4) is 0 Å². The van der Waals surface area contributed by atoms with E-state index in [-0.39, 0.29) is 12.1 Å². The minimum Gasteiger partial charge on any atom is -0.481 e. The zero-order valence-electron chi connectivity index (χ0n) is 15.1. The fraction of sp³-hybridized carbons (Fsp3) is 0.190. The third-order valence-corrected chi connectivity index (χ3v) is 4.61. The molecule has 2 N–H and O–H groups in total. The number of carbonyl (C=O) groups excluding carboxylic acids is 1. The normalized spacial score (nSPS) is 11.8. The first-order valence-electron chi connectivity index (χ1n) is 8.84. The summed E-state index contributed by atoms with van der Waals surface area (Å²) in [6.07, 6.45) is 1.84. The van der Waals surface area contributed by atoms with Crippen molar-refractivity contribution in [2.75, 3.05) is 0 Å². The lowest BCUT2D eigenvalue weighted by Crippen LogP contribution is -2.38. The van der Waals surface area contributed by atoms with Gasteiger partial charge in [0.25, 0.3) is 5.91 Å². The maximum absolute atomic E-state index is 12.6. The van der Waals surface area contributed by atoms with Crippen LogP contribution < -0.4 is 5.32 Å². The standard InChI is InChI=1S/C21H20ClN3O3/c22-18-9-5-4-8-16(18)12-17(13-20(26)27)23-21(28)19-10-11-25(24-19)14-15-6-2-1-3-7-15/h1-11,17H,12-14H2,(H,23,28)(H,26,27)/t17-/m1/s1. The molecule has 3 aromatic rings. The van der Waals surface area contributed by atoms with Gasteiger partial charge in [-0.1, -0.05) is 60.1 Å². The summed E-state index contributed by atoms with van der Waals surface area (Å²) in [5.74, 6) is -1.41. The second-order valence-electron chi connectivity index (χ2n) is 6.45. The maximum Gasteiger partial charge on any atom is 0.305 e. The molecule has 2 aromatic carbocycles. The summed E-state index contributed by atoms with van der Waals surface area (Å²) in [6.45, 7) is 0.548. The van der Waals surface area contributed by atoms with Gasteiger partial charge in [0.05, 0.1) is 13.0 Å². The first-order chi connectivity index (χ1) is 13.5. The van der Waals surface area contributed by atoms with E-state index in [9.17, 15) is 14.7 Å². The van der Waals surface area contributed by atoms with Gasteiger partial charge in [-0.05, 0) is 29.7 Å². The molecule has 7 heteroatoms. The summed E-state index contributed by atoms with van der Waals surface area (Å²) in [4.78, 5) is 23.8. The molecule has 3 rings (SSSR count). The zero-order chi connectivity index (χ0) is 19.9. The van der Waals surface area contributed by atoms with Gasteiger partial charge in [0.1, 0.15) is 5.69 Å². The molecule has 0 aliphatic carbocycles. The van der Waals surface area contributed by atoms with E-state index in [1.54, 1.807) is 29.1 Å². The molecule has 1 amide bonds. The molecule has 0 spiro atoms. The Kier molecular flexibility index (Phi) is 6.45. The Hall–Kier alpha value is -3.12. The maximum atomic E-state index is 12.6. The Labute approximate surface area is 167 Å². The van der Waals surface area contributed by atoms with Crippen molar-refractivity contribution in [3.8, 4) is 0 Å². The fourth-order valence-corrected chi connectivity index (χ4v) is 3.13. The molecular weight excluding hydrogens is 378 g/mol. The van der Waals surface area contributed by atoms with Crippen molar-refractivity contribution in [1.82, 2.24) is 15.1 Å². The second kappa shape index (κ2) is 9.19. The zero-order valence-corrected chi connectivity index (χ0v) is 15.8. The Morgan fingerprint density at radius 2 is 1.79 bits per heavy atom. The van der Waals surface area contributed by atoms with Gasteiger partial charge in [0.15, 0.2) is 0 Å². The summed E-state index contributed by atoms with van der Waals surface area (Å²) in [5, 5.41) is 16.8. The van der Waals surface area contributed by atoms with Crippen LogP contribution in [-0.2, 0) is 17.8 Å². The van der Waals surface area contributed by atoms with Gasteiger partial charge >= 0.3 is 5.97 Å². The monoisotopic (exact) mass is 397 g/mol. The van der Waals surface area contributed by atoms with Crippen LogP contribution in [0.1, 0.15) is 28.0 Å². The average Bonchev–Trinajstić information content (AvgIpc) is 3.12. The number of halogens is 1. The quantitative estimate of drug-likeness (QED) is 0.610. The van der Waals surface area contributed by atoms with Gasteiger partial charge in [-0.3, -0.25) is 14.3 Å². The Bertz CT molecular complexity index is 956. The van der Waals surface area contributed by atoms with Crippen LogP contribution in [0.5, 0.6) is 0 Å². The lowest BCUT2D eigenvalue weighted by molar-refractivity contribution is -0.137. The van der Waals surface area contributed by atoms with Gasteiger partial charge in [-0.25, -0.2) is 0 Å². The van der Waals surface area contributed by atoms with Crippen molar-refractivity contribution in [3.05, 3.63) is 88.7 Å². The number of hydrogen-bond donors (Lipinski definition) is 2. The van der Waals surface area contributed by atoms with Gasteiger partial charge in [-0.2, -0.15) is 5.10 Å².